The standard InChI is InChI=1S/C10H9F3N4S/c1-14-9-16-6(5-8-15-2-3-18-8)4-7(17-9)10(11,12)13/h2-4H,5H2,1H3,(H,14,16,17). The molecule has 2 heterocycles. The zero-order chi connectivity index (χ0) is 13.2. The fourth-order valence-electron chi connectivity index (χ4n) is 1.34. The summed E-state index contributed by atoms with van der Waals surface area (Å²) in [6.45, 7) is 0. The van der Waals surface area contributed by atoms with Gasteiger partial charge in [-0.15, -0.1) is 11.3 Å². The average Bonchev–Trinajstić information content (AvgIpc) is 2.80. The number of hydrogen-bond donors (Lipinski definition) is 1. The van der Waals surface area contributed by atoms with Crippen LogP contribution in [0.2, 0.25) is 0 Å². The number of alkyl halides is 3. The molecule has 0 atom stereocenters. The quantitative estimate of drug-likeness (QED) is 0.934. The third kappa shape index (κ3) is 2.95. The fourth-order valence-corrected chi connectivity index (χ4v) is 1.97. The van der Waals surface area contributed by atoms with Crippen molar-refractivity contribution in [2.75, 3.05) is 12.4 Å². The molecule has 0 aliphatic heterocycles. The minimum absolute atomic E-state index is 0.0450. The maximum absolute atomic E-state index is 12.6. The van der Waals surface area contributed by atoms with E-state index in [1.165, 1.54) is 18.4 Å². The summed E-state index contributed by atoms with van der Waals surface area (Å²) in [5.74, 6) is -0.0450. The van der Waals surface area contributed by atoms with Crippen LogP contribution in [0.3, 0.4) is 0 Å². The van der Waals surface area contributed by atoms with E-state index >= 15 is 0 Å². The summed E-state index contributed by atoms with van der Waals surface area (Å²) < 4.78 is 37.9. The molecule has 0 aliphatic carbocycles. The van der Waals surface area contributed by atoms with Crippen molar-refractivity contribution in [2.24, 2.45) is 0 Å². The fraction of sp³-hybridized carbons (Fsp3) is 0.300. The Bertz CT molecular complexity index is 524. The van der Waals surface area contributed by atoms with Crippen LogP contribution < -0.4 is 5.32 Å². The second-order valence-electron chi connectivity index (χ2n) is 3.42. The van der Waals surface area contributed by atoms with Gasteiger partial charge in [0, 0.05) is 25.0 Å². The van der Waals surface area contributed by atoms with Gasteiger partial charge in [0.25, 0.3) is 0 Å². The lowest BCUT2D eigenvalue weighted by atomic mass is 10.2. The average molecular weight is 274 g/mol. The van der Waals surface area contributed by atoms with E-state index in [2.05, 4.69) is 20.3 Å². The van der Waals surface area contributed by atoms with E-state index < -0.39 is 11.9 Å². The lowest BCUT2D eigenvalue weighted by Gasteiger charge is -2.09. The molecule has 96 valence electrons. The van der Waals surface area contributed by atoms with E-state index in [0.717, 1.165) is 6.07 Å². The molecule has 0 aliphatic rings. The molecule has 0 saturated heterocycles. The largest absolute Gasteiger partial charge is 0.433 e. The zero-order valence-corrected chi connectivity index (χ0v) is 10.1. The highest BCUT2D eigenvalue weighted by Crippen LogP contribution is 2.29. The molecule has 2 aromatic heterocycles. The summed E-state index contributed by atoms with van der Waals surface area (Å²) in [6, 6.07) is 0.947. The van der Waals surface area contributed by atoms with Crippen molar-refractivity contribution < 1.29 is 13.2 Å². The van der Waals surface area contributed by atoms with Gasteiger partial charge in [-0.25, -0.2) is 15.0 Å². The number of thiazole rings is 1. The van der Waals surface area contributed by atoms with Gasteiger partial charge in [-0.3, -0.25) is 0 Å². The normalized spacial score (nSPS) is 11.6. The predicted molar refractivity (Wildman–Crippen MR) is 61.5 cm³/mol. The molecule has 18 heavy (non-hydrogen) atoms. The lowest BCUT2D eigenvalue weighted by Crippen LogP contribution is -2.12. The first-order valence-electron chi connectivity index (χ1n) is 5.00. The molecule has 4 nitrogen and oxygen atoms in total. The third-order valence-corrected chi connectivity index (χ3v) is 2.89. The van der Waals surface area contributed by atoms with Crippen LogP contribution >= 0.6 is 11.3 Å². The molecule has 0 saturated carbocycles. The van der Waals surface area contributed by atoms with E-state index in [0.29, 0.717) is 5.01 Å². The van der Waals surface area contributed by atoms with Crippen LogP contribution in [0, 0.1) is 0 Å². The Morgan fingerprint density at radius 1 is 1.33 bits per heavy atom. The van der Waals surface area contributed by atoms with Crippen molar-refractivity contribution in [3.05, 3.63) is 34.0 Å². The van der Waals surface area contributed by atoms with Crippen molar-refractivity contribution in [1.82, 2.24) is 15.0 Å². The Hall–Kier alpha value is -1.70. The first kappa shape index (κ1) is 12.7. The molecule has 0 fully saturated rings. The number of anilines is 1. The van der Waals surface area contributed by atoms with Crippen LogP contribution in [0.5, 0.6) is 0 Å². The van der Waals surface area contributed by atoms with Gasteiger partial charge in [0.05, 0.1) is 10.7 Å². The maximum Gasteiger partial charge on any atom is 0.433 e. The smallest absolute Gasteiger partial charge is 0.357 e. The van der Waals surface area contributed by atoms with Crippen molar-refractivity contribution in [3.63, 3.8) is 0 Å². The summed E-state index contributed by atoms with van der Waals surface area (Å²) in [5, 5.41) is 5.00. The van der Waals surface area contributed by atoms with Crippen LogP contribution in [0.25, 0.3) is 0 Å². The highest BCUT2D eigenvalue weighted by Gasteiger charge is 2.33. The molecule has 2 rings (SSSR count). The second kappa shape index (κ2) is 4.89. The summed E-state index contributed by atoms with van der Waals surface area (Å²) in [7, 11) is 1.47. The predicted octanol–water partition coefficient (Wildman–Crippen LogP) is 2.58. The molecule has 2 aromatic rings. The molecule has 0 spiro atoms. The minimum atomic E-state index is -4.48. The topological polar surface area (TPSA) is 50.7 Å². The van der Waals surface area contributed by atoms with E-state index in [1.54, 1.807) is 11.6 Å². The van der Waals surface area contributed by atoms with E-state index in [9.17, 15) is 13.2 Å². The summed E-state index contributed by atoms with van der Waals surface area (Å²) in [4.78, 5) is 11.4. The number of rotatable bonds is 3. The molecule has 8 heteroatoms. The third-order valence-electron chi connectivity index (χ3n) is 2.11. The molecule has 0 bridgehead atoms. The molecular formula is C10H9F3N4S. The molecule has 0 radical (unpaired) electrons. The van der Waals surface area contributed by atoms with Crippen LogP contribution in [0.15, 0.2) is 17.6 Å². The van der Waals surface area contributed by atoms with E-state index in [1.807, 2.05) is 0 Å². The van der Waals surface area contributed by atoms with Crippen LogP contribution in [-0.2, 0) is 12.6 Å². The van der Waals surface area contributed by atoms with Crippen molar-refractivity contribution in [3.8, 4) is 0 Å². The van der Waals surface area contributed by atoms with E-state index in [-0.39, 0.29) is 18.1 Å². The van der Waals surface area contributed by atoms with Gasteiger partial charge in [-0.1, -0.05) is 0 Å². The Morgan fingerprint density at radius 2 is 2.11 bits per heavy atom. The Balaban J connectivity index is 2.35. The van der Waals surface area contributed by atoms with Crippen LogP contribution in [-0.4, -0.2) is 22.0 Å². The number of hydrogen-bond acceptors (Lipinski definition) is 5. The first-order valence-corrected chi connectivity index (χ1v) is 5.88. The summed E-state index contributed by atoms with van der Waals surface area (Å²) in [6.07, 6.45) is -2.62. The highest BCUT2D eigenvalue weighted by molar-refractivity contribution is 7.09. The molecule has 0 amide bonds. The molecule has 1 N–H and O–H groups in total. The zero-order valence-electron chi connectivity index (χ0n) is 9.32. The van der Waals surface area contributed by atoms with Crippen LogP contribution in [0.4, 0.5) is 19.1 Å². The maximum atomic E-state index is 12.6. The Labute approximate surface area is 105 Å². The van der Waals surface area contributed by atoms with Gasteiger partial charge in [0.1, 0.15) is 5.69 Å². The number of nitrogens with zero attached hydrogens (tertiary/aromatic N) is 3. The van der Waals surface area contributed by atoms with Gasteiger partial charge in [-0.2, -0.15) is 13.2 Å². The molecular weight excluding hydrogens is 265 g/mol. The van der Waals surface area contributed by atoms with Crippen molar-refractivity contribution in [1.29, 1.82) is 0 Å². The molecule has 0 unspecified atom stereocenters. The minimum Gasteiger partial charge on any atom is -0.357 e. The monoisotopic (exact) mass is 274 g/mol. The van der Waals surface area contributed by atoms with Crippen molar-refractivity contribution in [2.45, 2.75) is 12.6 Å². The highest BCUT2D eigenvalue weighted by atomic mass is 32.1. The first-order chi connectivity index (χ1) is 8.49. The Kier molecular flexibility index (Phi) is 3.46. The van der Waals surface area contributed by atoms with Gasteiger partial charge in [0.2, 0.25) is 5.95 Å². The lowest BCUT2D eigenvalue weighted by molar-refractivity contribution is -0.141. The Morgan fingerprint density at radius 3 is 2.67 bits per heavy atom. The number of nitrogens with one attached hydrogen (secondary N) is 1. The van der Waals surface area contributed by atoms with Crippen molar-refractivity contribution >= 4 is 17.3 Å². The summed E-state index contributed by atoms with van der Waals surface area (Å²) in [5.41, 5.74) is -0.662. The van der Waals surface area contributed by atoms with Gasteiger partial charge in [0.15, 0.2) is 0 Å². The number of aromatic nitrogens is 3. The van der Waals surface area contributed by atoms with E-state index in [4.69, 9.17) is 0 Å². The van der Waals surface area contributed by atoms with Gasteiger partial charge >= 0.3 is 6.18 Å². The summed E-state index contributed by atoms with van der Waals surface area (Å²) >= 11 is 1.37. The van der Waals surface area contributed by atoms with Gasteiger partial charge < -0.3 is 5.32 Å². The molecule has 0 aromatic carbocycles. The van der Waals surface area contributed by atoms with Crippen LogP contribution in [0.1, 0.15) is 16.4 Å². The second-order valence-corrected chi connectivity index (χ2v) is 4.40. The number of halogens is 3. The SMILES string of the molecule is CNc1nc(Cc2nccs2)cc(C(F)(F)F)n1. The van der Waals surface area contributed by atoms with Gasteiger partial charge in [-0.05, 0) is 6.07 Å².